The zero-order chi connectivity index (χ0) is 14.5. The molecular formula is C16H15NO3. The molecule has 1 amide bonds. The van der Waals surface area contributed by atoms with Crippen molar-refractivity contribution in [3.05, 3.63) is 59.7 Å². The van der Waals surface area contributed by atoms with Crippen molar-refractivity contribution in [3.8, 4) is 11.1 Å². The van der Waals surface area contributed by atoms with Gasteiger partial charge >= 0.3 is 5.97 Å². The molecule has 2 rings (SSSR count). The number of aliphatic carboxylic acids is 1. The molecule has 0 atom stereocenters. The molecule has 0 heterocycles. The minimum absolute atomic E-state index is 0.132. The van der Waals surface area contributed by atoms with Gasteiger partial charge in [-0.3, -0.25) is 9.59 Å². The van der Waals surface area contributed by atoms with Gasteiger partial charge in [0.2, 0.25) is 5.91 Å². The Labute approximate surface area is 116 Å². The van der Waals surface area contributed by atoms with Crippen LogP contribution < -0.4 is 5.73 Å². The molecule has 2 aromatic carbocycles. The van der Waals surface area contributed by atoms with Crippen molar-refractivity contribution in [2.75, 3.05) is 0 Å². The van der Waals surface area contributed by atoms with Crippen molar-refractivity contribution < 1.29 is 14.7 Å². The third kappa shape index (κ3) is 3.45. The Morgan fingerprint density at radius 1 is 0.900 bits per heavy atom. The fourth-order valence-electron chi connectivity index (χ4n) is 1.94. The predicted molar refractivity (Wildman–Crippen MR) is 76.4 cm³/mol. The van der Waals surface area contributed by atoms with Crippen LogP contribution in [-0.4, -0.2) is 17.0 Å². The first-order valence-electron chi connectivity index (χ1n) is 6.27. The van der Waals surface area contributed by atoms with E-state index in [2.05, 4.69) is 0 Å². The van der Waals surface area contributed by atoms with Crippen molar-refractivity contribution in [3.63, 3.8) is 0 Å². The Kier molecular flexibility index (Phi) is 4.15. The second kappa shape index (κ2) is 6.02. The van der Waals surface area contributed by atoms with Crippen LogP contribution in [0.4, 0.5) is 0 Å². The standard InChI is InChI=1S/C16H15NO3/c17-16(20)14-8-6-13(7-9-14)12-4-1-11(2-5-12)3-10-15(18)19/h1-2,4-9H,3,10H2,(H2,17,20)(H,18,19). The summed E-state index contributed by atoms with van der Waals surface area (Å²) in [7, 11) is 0. The summed E-state index contributed by atoms with van der Waals surface area (Å²) in [4.78, 5) is 21.5. The van der Waals surface area contributed by atoms with E-state index in [-0.39, 0.29) is 6.42 Å². The average Bonchev–Trinajstić information content (AvgIpc) is 2.46. The van der Waals surface area contributed by atoms with E-state index in [9.17, 15) is 9.59 Å². The van der Waals surface area contributed by atoms with Crippen LogP contribution in [0.5, 0.6) is 0 Å². The molecule has 0 unspecified atom stereocenters. The third-order valence-corrected chi connectivity index (χ3v) is 3.08. The SMILES string of the molecule is NC(=O)c1ccc(-c2ccc(CCC(=O)O)cc2)cc1. The molecule has 2 aromatic rings. The zero-order valence-electron chi connectivity index (χ0n) is 10.9. The highest BCUT2D eigenvalue weighted by atomic mass is 16.4. The zero-order valence-corrected chi connectivity index (χ0v) is 10.9. The van der Waals surface area contributed by atoms with Crippen molar-refractivity contribution in [1.82, 2.24) is 0 Å². The van der Waals surface area contributed by atoms with Crippen LogP contribution in [0, 0.1) is 0 Å². The molecule has 0 spiro atoms. The lowest BCUT2D eigenvalue weighted by Crippen LogP contribution is -2.10. The second-order valence-corrected chi connectivity index (χ2v) is 4.53. The summed E-state index contributed by atoms with van der Waals surface area (Å²) in [6, 6.07) is 14.8. The lowest BCUT2D eigenvalue weighted by Gasteiger charge is -2.04. The molecule has 0 radical (unpaired) electrons. The van der Waals surface area contributed by atoms with Gasteiger partial charge in [-0.15, -0.1) is 0 Å². The minimum Gasteiger partial charge on any atom is -0.481 e. The van der Waals surface area contributed by atoms with Crippen LogP contribution in [0.15, 0.2) is 48.5 Å². The number of nitrogens with two attached hydrogens (primary N) is 1. The first kappa shape index (κ1) is 13.8. The number of primary amides is 1. The molecule has 4 nitrogen and oxygen atoms in total. The number of benzene rings is 2. The summed E-state index contributed by atoms with van der Waals surface area (Å²) in [6.07, 6.45) is 0.656. The molecule has 0 aliphatic carbocycles. The molecule has 4 heteroatoms. The van der Waals surface area contributed by atoms with Gasteiger partial charge in [-0.05, 0) is 35.2 Å². The van der Waals surface area contributed by atoms with Gasteiger partial charge in [0.05, 0.1) is 0 Å². The van der Waals surface area contributed by atoms with Crippen LogP contribution in [0.1, 0.15) is 22.3 Å². The highest BCUT2D eigenvalue weighted by Crippen LogP contribution is 2.20. The Morgan fingerprint density at radius 2 is 1.40 bits per heavy atom. The van der Waals surface area contributed by atoms with E-state index in [1.165, 1.54) is 0 Å². The summed E-state index contributed by atoms with van der Waals surface area (Å²) < 4.78 is 0. The third-order valence-electron chi connectivity index (χ3n) is 3.08. The smallest absolute Gasteiger partial charge is 0.303 e. The van der Waals surface area contributed by atoms with E-state index < -0.39 is 11.9 Å². The van der Waals surface area contributed by atoms with Gasteiger partial charge in [0.25, 0.3) is 0 Å². The Morgan fingerprint density at radius 3 is 1.85 bits per heavy atom. The summed E-state index contributed by atoms with van der Waals surface area (Å²) in [5.74, 6) is -1.24. The van der Waals surface area contributed by atoms with E-state index >= 15 is 0 Å². The van der Waals surface area contributed by atoms with Gasteiger partial charge in [0.1, 0.15) is 0 Å². The quantitative estimate of drug-likeness (QED) is 0.875. The highest BCUT2D eigenvalue weighted by Gasteiger charge is 2.03. The Bertz CT molecular complexity index is 615. The maximum Gasteiger partial charge on any atom is 0.303 e. The minimum atomic E-state index is -0.795. The van der Waals surface area contributed by atoms with E-state index in [0.717, 1.165) is 16.7 Å². The number of rotatable bonds is 5. The largest absolute Gasteiger partial charge is 0.481 e. The van der Waals surface area contributed by atoms with Crippen LogP contribution in [0.2, 0.25) is 0 Å². The lowest BCUT2D eigenvalue weighted by molar-refractivity contribution is -0.136. The first-order chi connectivity index (χ1) is 9.56. The van der Waals surface area contributed by atoms with Crippen LogP contribution in [0.25, 0.3) is 11.1 Å². The Balaban J connectivity index is 2.13. The first-order valence-corrected chi connectivity index (χ1v) is 6.27. The monoisotopic (exact) mass is 269 g/mol. The topological polar surface area (TPSA) is 80.4 Å². The molecule has 0 saturated heterocycles. The number of hydrogen-bond donors (Lipinski definition) is 2. The highest BCUT2D eigenvalue weighted by molar-refractivity contribution is 5.93. The summed E-state index contributed by atoms with van der Waals surface area (Å²) >= 11 is 0. The summed E-state index contributed by atoms with van der Waals surface area (Å²) in [6.45, 7) is 0. The fraction of sp³-hybridized carbons (Fsp3) is 0.125. The number of hydrogen-bond acceptors (Lipinski definition) is 2. The van der Waals surface area contributed by atoms with Gasteiger partial charge < -0.3 is 10.8 Å². The van der Waals surface area contributed by atoms with Gasteiger partial charge in [-0.2, -0.15) is 0 Å². The molecule has 102 valence electrons. The van der Waals surface area contributed by atoms with Gasteiger partial charge in [0, 0.05) is 12.0 Å². The van der Waals surface area contributed by atoms with E-state index in [1.54, 1.807) is 12.1 Å². The van der Waals surface area contributed by atoms with E-state index in [1.807, 2.05) is 36.4 Å². The fourth-order valence-corrected chi connectivity index (χ4v) is 1.94. The normalized spacial score (nSPS) is 10.2. The molecule has 0 aliphatic rings. The molecule has 3 N–H and O–H groups in total. The van der Waals surface area contributed by atoms with Gasteiger partial charge in [-0.1, -0.05) is 36.4 Å². The van der Waals surface area contributed by atoms with Crippen molar-refractivity contribution >= 4 is 11.9 Å². The molecule has 0 fully saturated rings. The number of aryl methyl sites for hydroxylation is 1. The average molecular weight is 269 g/mol. The number of carboxylic acids is 1. The number of carbonyl (C=O) groups is 2. The summed E-state index contributed by atoms with van der Waals surface area (Å²) in [5, 5.41) is 8.64. The number of amides is 1. The van der Waals surface area contributed by atoms with Crippen LogP contribution in [0.3, 0.4) is 0 Å². The maximum absolute atomic E-state index is 11.0. The van der Waals surface area contributed by atoms with Crippen molar-refractivity contribution in [2.45, 2.75) is 12.8 Å². The van der Waals surface area contributed by atoms with E-state index in [4.69, 9.17) is 10.8 Å². The van der Waals surface area contributed by atoms with Gasteiger partial charge in [-0.25, -0.2) is 0 Å². The molecule has 20 heavy (non-hydrogen) atoms. The molecule has 0 aromatic heterocycles. The molecular weight excluding hydrogens is 254 g/mol. The molecule has 0 aliphatic heterocycles. The summed E-state index contributed by atoms with van der Waals surface area (Å²) in [5.41, 5.74) is 8.66. The lowest BCUT2D eigenvalue weighted by atomic mass is 10.0. The number of carbonyl (C=O) groups excluding carboxylic acids is 1. The second-order valence-electron chi connectivity index (χ2n) is 4.53. The van der Waals surface area contributed by atoms with Crippen molar-refractivity contribution in [2.24, 2.45) is 5.73 Å². The molecule has 0 saturated carbocycles. The molecule has 0 bridgehead atoms. The number of carboxylic acid groups (broad SMARTS) is 1. The van der Waals surface area contributed by atoms with Crippen molar-refractivity contribution in [1.29, 1.82) is 0 Å². The predicted octanol–water partition coefficient (Wildman–Crippen LogP) is 2.47. The van der Waals surface area contributed by atoms with E-state index in [0.29, 0.717) is 12.0 Å². The van der Waals surface area contributed by atoms with Crippen LogP contribution >= 0.6 is 0 Å². The Hall–Kier alpha value is -2.62. The van der Waals surface area contributed by atoms with Crippen LogP contribution in [-0.2, 0) is 11.2 Å². The van der Waals surface area contributed by atoms with Gasteiger partial charge in [0.15, 0.2) is 0 Å². The maximum atomic E-state index is 11.0.